The van der Waals surface area contributed by atoms with Gasteiger partial charge >= 0.3 is 0 Å². The summed E-state index contributed by atoms with van der Waals surface area (Å²) in [6, 6.07) is 6.42. The number of nitrogens with one attached hydrogen (secondary N) is 1. The fourth-order valence-corrected chi connectivity index (χ4v) is 4.67. The molecule has 1 amide bonds. The molecule has 25 heavy (non-hydrogen) atoms. The van der Waals surface area contributed by atoms with Crippen molar-refractivity contribution in [1.29, 1.82) is 0 Å². The third-order valence-electron chi connectivity index (χ3n) is 4.24. The molecule has 1 N–H and O–H groups in total. The minimum atomic E-state index is -0.338. The number of para-hydroxylation sites is 1. The lowest BCUT2D eigenvalue weighted by Gasteiger charge is -2.31. The summed E-state index contributed by atoms with van der Waals surface area (Å²) in [5.74, 6) is 0.507. The van der Waals surface area contributed by atoms with Crippen molar-refractivity contribution >= 4 is 39.8 Å². The van der Waals surface area contributed by atoms with Gasteiger partial charge in [-0.2, -0.15) is 0 Å². The lowest BCUT2D eigenvalue weighted by atomic mass is 9.99. The monoisotopic (exact) mass is 380 g/mol. The van der Waals surface area contributed by atoms with Gasteiger partial charge in [-0.25, -0.2) is 4.39 Å². The average Bonchev–Trinajstić information content (AvgIpc) is 3.04. The number of halogens is 1. The maximum absolute atomic E-state index is 13.7. The molecule has 1 aliphatic heterocycles. The fraction of sp³-hybridized carbons (Fsp3) is 0.471. The van der Waals surface area contributed by atoms with E-state index < -0.39 is 0 Å². The highest BCUT2D eigenvalue weighted by Crippen LogP contribution is 2.32. The van der Waals surface area contributed by atoms with Gasteiger partial charge in [0.05, 0.1) is 10.9 Å². The van der Waals surface area contributed by atoms with Crippen LogP contribution in [-0.4, -0.2) is 39.3 Å². The SMILES string of the molecule is CC1CCN(C(=O)C(C)Sc2nnc(Nc3ccccc3F)s2)CC1. The summed E-state index contributed by atoms with van der Waals surface area (Å²) < 4.78 is 14.4. The number of carbonyl (C=O) groups is 1. The Labute approximate surface area is 155 Å². The fourth-order valence-electron chi connectivity index (χ4n) is 2.67. The molecule has 1 saturated heterocycles. The zero-order chi connectivity index (χ0) is 17.8. The van der Waals surface area contributed by atoms with E-state index in [2.05, 4.69) is 22.4 Å². The predicted molar refractivity (Wildman–Crippen MR) is 99.9 cm³/mol. The normalized spacial score (nSPS) is 16.7. The Morgan fingerprint density at radius 3 is 2.80 bits per heavy atom. The number of carbonyl (C=O) groups excluding carboxylic acids is 1. The largest absolute Gasteiger partial charge is 0.342 e. The quantitative estimate of drug-likeness (QED) is 0.790. The summed E-state index contributed by atoms with van der Waals surface area (Å²) in [5, 5.41) is 11.4. The molecule has 0 saturated carbocycles. The molecule has 0 radical (unpaired) electrons. The molecule has 0 aliphatic carbocycles. The van der Waals surface area contributed by atoms with Gasteiger partial charge in [0.15, 0.2) is 4.34 Å². The first-order valence-corrected chi connectivity index (χ1v) is 10.0. The van der Waals surface area contributed by atoms with Gasteiger partial charge in [-0.05, 0) is 37.8 Å². The molecule has 1 aliphatic rings. The first-order valence-electron chi connectivity index (χ1n) is 8.33. The van der Waals surface area contributed by atoms with Gasteiger partial charge in [-0.1, -0.05) is 42.2 Å². The van der Waals surface area contributed by atoms with Crippen LogP contribution in [0.25, 0.3) is 0 Å². The van der Waals surface area contributed by atoms with Crippen LogP contribution in [0.5, 0.6) is 0 Å². The van der Waals surface area contributed by atoms with Crippen molar-refractivity contribution in [2.24, 2.45) is 5.92 Å². The van der Waals surface area contributed by atoms with Gasteiger partial charge in [-0.15, -0.1) is 10.2 Å². The molecule has 2 aromatic rings. The number of benzene rings is 1. The molecule has 5 nitrogen and oxygen atoms in total. The van der Waals surface area contributed by atoms with Crippen molar-refractivity contribution in [1.82, 2.24) is 15.1 Å². The number of anilines is 2. The Morgan fingerprint density at radius 2 is 2.08 bits per heavy atom. The van der Waals surface area contributed by atoms with Crippen molar-refractivity contribution in [3.8, 4) is 0 Å². The van der Waals surface area contributed by atoms with Gasteiger partial charge in [0, 0.05) is 13.1 Å². The van der Waals surface area contributed by atoms with Crippen molar-refractivity contribution in [2.45, 2.75) is 36.3 Å². The average molecular weight is 381 g/mol. The van der Waals surface area contributed by atoms with Gasteiger partial charge in [-0.3, -0.25) is 4.79 Å². The number of hydrogen-bond donors (Lipinski definition) is 1. The summed E-state index contributed by atoms with van der Waals surface area (Å²) in [7, 11) is 0. The third-order valence-corrected chi connectivity index (χ3v) is 6.25. The first kappa shape index (κ1) is 18.1. The second-order valence-corrected chi connectivity index (χ2v) is 8.81. The molecule has 0 bridgehead atoms. The maximum Gasteiger partial charge on any atom is 0.235 e. The Hall–Kier alpha value is -1.67. The summed E-state index contributed by atoms with van der Waals surface area (Å²) >= 11 is 2.72. The molecule has 1 atom stereocenters. The Kier molecular flexibility index (Phi) is 5.90. The number of nitrogens with zero attached hydrogens (tertiary/aromatic N) is 3. The number of hydrogen-bond acceptors (Lipinski definition) is 6. The zero-order valence-electron chi connectivity index (χ0n) is 14.2. The molecular weight excluding hydrogens is 359 g/mol. The molecule has 8 heteroatoms. The Bertz CT molecular complexity index is 731. The number of amides is 1. The predicted octanol–water partition coefficient (Wildman–Crippen LogP) is 4.16. The Morgan fingerprint density at radius 1 is 1.36 bits per heavy atom. The molecule has 134 valence electrons. The second kappa shape index (κ2) is 8.14. The molecule has 2 heterocycles. The maximum atomic E-state index is 13.7. The van der Waals surface area contributed by atoms with Crippen molar-refractivity contribution < 1.29 is 9.18 Å². The standard InChI is InChI=1S/C17H21FN4OS2/c1-11-7-9-22(10-8-11)15(23)12(2)24-17-21-20-16(25-17)19-14-6-4-3-5-13(14)18/h3-6,11-12H,7-10H2,1-2H3,(H,19,20). The number of piperidine rings is 1. The second-order valence-electron chi connectivity index (χ2n) is 6.25. The molecule has 1 aromatic heterocycles. The number of likely N-dealkylation sites (tertiary alicyclic amines) is 1. The van der Waals surface area contributed by atoms with Crippen LogP contribution < -0.4 is 5.32 Å². The summed E-state index contributed by atoms with van der Waals surface area (Å²) in [6.45, 7) is 5.80. The van der Waals surface area contributed by atoms with Crippen LogP contribution in [0.3, 0.4) is 0 Å². The van der Waals surface area contributed by atoms with Crippen LogP contribution in [0.2, 0.25) is 0 Å². The van der Waals surface area contributed by atoms with Gasteiger partial charge in [0.25, 0.3) is 0 Å². The van der Waals surface area contributed by atoms with Gasteiger partial charge < -0.3 is 10.2 Å². The van der Waals surface area contributed by atoms with Crippen LogP contribution in [0.1, 0.15) is 26.7 Å². The van der Waals surface area contributed by atoms with Crippen molar-refractivity contribution in [2.75, 3.05) is 18.4 Å². The smallest absolute Gasteiger partial charge is 0.235 e. The highest BCUT2D eigenvalue weighted by molar-refractivity contribution is 8.02. The van der Waals surface area contributed by atoms with E-state index >= 15 is 0 Å². The zero-order valence-corrected chi connectivity index (χ0v) is 15.9. The number of aromatic nitrogens is 2. The molecule has 3 rings (SSSR count). The van der Waals surface area contributed by atoms with E-state index in [1.807, 2.05) is 11.8 Å². The van der Waals surface area contributed by atoms with E-state index in [9.17, 15) is 9.18 Å². The minimum absolute atomic E-state index is 0.149. The van der Waals surface area contributed by atoms with E-state index in [-0.39, 0.29) is 17.0 Å². The molecular formula is C17H21FN4OS2. The van der Waals surface area contributed by atoms with E-state index in [4.69, 9.17) is 0 Å². The van der Waals surface area contributed by atoms with Crippen LogP contribution in [0, 0.1) is 11.7 Å². The van der Waals surface area contributed by atoms with E-state index in [0.717, 1.165) is 25.9 Å². The summed E-state index contributed by atoms with van der Waals surface area (Å²) in [6.07, 6.45) is 2.14. The van der Waals surface area contributed by atoms with Crippen molar-refractivity contribution in [3.63, 3.8) is 0 Å². The Balaban J connectivity index is 1.57. The van der Waals surface area contributed by atoms with Gasteiger partial charge in [0.1, 0.15) is 5.82 Å². The molecule has 0 spiro atoms. The summed E-state index contributed by atoms with van der Waals surface area (Å²) in [5.41, 5.74) is 0.363. The van der Waals surface area contributed by atoms with E-state index in [1.54, 1.807) is 18.2 Å². The number of thioether (sulfide) groups is 1. The highest BCUT2D eigenvalue weighted by Gasteiger charge is 2.26. The molecule has 1 fully saturated rings. The van der Waals surface area contributed by atoms with E-state index in [0.29, 0.717) is 21.1 Å². The van der Waals surface area contributed by atoms with Crippen LogP contribution in [0.4, 0.5) is 15.2 Å². The van der Waals surface area contributed by atoms with Crippen LogP contribution in [0.15, 0.2) is 28.6 Å². The molecule has 1 unspecified atom stereocenters. The summed E-state index contributed by atoms with van der Waals surface area (Å²) in [4.78, 5) is 14.5. The van der Waals surface area contributed by atoms with E-state index in [1.165, 1.54) is 29.2 Å². The van der Waals surface area contributed by atoms with Crippen LogP contribution >= 0.6 is 23.1 Å². The highest BCUT2D eigenvalue weighted by atomic mass is 32.2. The van der Waals surface area contributed by atoms with Gasteiger partial charge in [0.2, 0.25) is 11.0 Å². The topological polar surface area (TPSA) is 58.1 Å². The lowest BCUT2D eigenvalue weighted by Crippen LogP contribution is -2.41. The lowest BCUT2D eigenvalue weighted by molar-refractivity contribution is -0.131. The molecule has 1 aromatic carbocycles. The minimum Gasteiger partial charge on any atom is -0.342 e. The third kappa shape index (κ3) is 4.70. The number of rotatable bonds is 5. The van der Waals surface area contributed by atoms with Crippen molar-refractivity contribution in [3.05, 3.63) is 30.1 Å². The van der Waals surface area contributed by atoms with Crippen LogP contribution in [-0.2, 0) is 4.79 Å². The first-order chi connectivity index (χ1) is 12.0.